The molecule has 28 heavy (non-hydrogen) atoms. The number of aromatic nitrogens is 1. The molecule has 0 atom stereocenters. The van der Waals surface area contributed by atoms with Gasteiger partial charge in [-0.25, -0.2) is 8.42 Å². The van der Waals surface area contributed by atoms with Crippen LogP contribution < -0.4 is 4.87 Å². The monoisotopic (exact) mass is 421 g/mol. The maximum Gasteiger partial charge on any atom is 0.305 e. The van der Waals surface area contributed by atoms with Crippen molar-refractivity contribution in [3.8, 4) is 0 Å². The van der Waals surface area contributed by atoms with E-state index in [4.69, 9.17) is 0 Å². The van der Waals surface area contributed by atoms with Gasteiger partial charge in [0.15, 0.2) is 4.21 Å². The van der Waals surface area contributed by atoms with Crippen molar-refractivity contribution in [3.05, 3.63) is 50.3 Å². The molecule has 150 valence electrons. The first kappa shape index (κ1) is 19.4. The topological polar surface area (TPSA) is 90.5 Å². The van der Waals surface area contributed by atoms with Crippen LogP contribution in [-0.4, -0.2) is 54.7 Å². The standard InChI is InChI=1S/C19H23N3O4S2/c1-13-18(27-19(24)20-13)28(25,26)22-10-8-21(9-11-22)17(23)16-7-6-14-4-2-3-5-15(14)12-16/h6-7,12H,2-5,8-11H2,1H3,(H,20,24). The Hall–Kier alpha value is -1.97. The van der Waals surface area contributed by atoms with Crippen molar-refractivity contribution < 1.29 is 13.2 Å². The molecule has 2 aromatic rings. The predicted octanol–water partition coefficient (Wildman–Crippen LogP) is 1.77. The number of carbonyl (C=O) groups is 1. The Balaban J connectivity index is 1.46. The first-order valence-electron chi connectivity index (χ1n) is 9.47. The molecule has 1 amide bonds. The summed E-state index contributed by atoms with van der Waals surface area (Å²) in [5.74, 6) is -0.0482. The van der Waals surface area contributed by atoms with Crippen LogP contribution in [0.1, 0.15) is 40.0 Å². The van der Waals surface area contributed by atoms with Crippen LogP contribution in [0.5, 0.6) is 0 Å². The molecule has 9 heteroatoms. The maximum absolute atomic E-state index is 12.9. The number of sulfonamides is 1. The summed E-state index contributed by atoms with van der Waals surface area (Å²) in [5, 5.41) is 0. The zero-order chi connectivity index (χ0) is 19.9. The highest BCUT2D eigenvalue weighted by molar-refractivity contribution is 7.91. The Kier molecular flexibility index (Phi) is 5.15. The minimum Gasteiger partial charge on any atom is -0.336 e. The Morgan fingerprint density at radius 1 is 1.07 bits per heavy atom. The molecule has 1 aliphatic carbocycles. The number of rotatable bonds is 3. The lowest BCUT2D eigenvalue weighted by Crippen LogP contribution is -2.50. The van der Waals surface area contributed by atoms with E-state index < -0.39 is 10.0 Å². The van der Waals surface area contributed by atoms with Crippen molar-refractivity contribution in [2.24, 2.45) is 0 Å². The van der Waals surface area contributed by atoms with Crippen LogP contribution in [0.15, 0.2) is 27.2 Å². The SMILES string of the molecule is Cc1[nH]c(=O)sc1S(=O)(=O)N1CCN(C(=O)c2ccc3c(c2)CCCC3)CC1. The number of fused-ring (bicyclic) bond motifs is 1. The lowest BCUT2D eigenvalue weighted by molar-refractivity contribution is 0.0698. The van der Waals surface area contributed by atoms with Gasteiger partial charge in [-0.05, 0) is 55.9 Å². The number of amides is 1. The number of nitrogens with one attached hydrogen (secondary N) is 1. The van der Waals surface area contributed by atoms with Gasteiger partial charge >= 0.3 is 4.87 Å². The molecule has 4 rings (SSSR count). The van der Waals surface area contributed by atoms with Crippen molar-refractivity contribution in [1.82, 2.24) is 14.2 Å². The molecule has 0 saturated carbocycles. The Morgan fingerprint density at radius 2 is 1.75 bits per heavy atom. The summed E-state index contributed by atoms with van der Waals surface area (Å²) in [6.07, 6.45) is 4.45. The summed E-state index contributed by atoms with van der Waals surface area (Å²) >= 11 is 0.711. The number of nitrogens with zero attached hydrogens (tertiary/aromatic N) is 2. The molecule has 1 aliphatic heterocycles. The highest BCUT2D eigenvalue weighted by Gasteiger charge is 2.33. The second-order valence-electron chi connectivity index (χ2n) is 7.31. The number of thiazole rings is 1. The van der Waals surface area contributed by atoms with E-state index in [1.165, 1.54) is 21.9 Å². The maximum atomic E-state index is 12.9. The summed E-state index contributed by atoms with van der Waals surface area (Å²) in [5.41, 5.74) is 3.63. The van der Waals surface area contributed by atoms with E-state index in [1.54, 1.807) is 11.8 Å². The molecule has 0 spiro atoms. The number of piperazine rings is 1. The molecular formula is C19H23N3O4S2. The first-order chi connectivity index (χ1) is 13.4. The summed E-state index contributed by atoms with van der Waals surface area (Å²) in [7, 11) is -3.72. The summed E-state index contributed by atoms with van der Waals surface area (Å²) in [4.78, 5) is 28.2. The van der Waals surface area contributed by atoms with Crippen LogP contribution in [0.2, 0.25) is 0 Å². The van der Waals surface area contributed by atoms with Gasteiger partial charge in [0.25, 0.3) is 15.9 Å². The Morgan fingerprint density at radius 3 is 2.39 bits per heavy atom. The third kappa shape index (κ3) is 3.54. The minimum absolute atomic E-state index is 0.0482. The van der Waals surface area contributed by atoms with Crippen molar-refractivity contribution in [3.63, 3.8) is 0 Å². The van der Waals surface area contributed by atoms with Crippen molar-refractivity contribution in [1.29, 1.82) is 0 Å². The molecule has 2 heterocycles. The first-order valence-corrected chi connectivity index (χ1v) is 11.7. The van der Waals surface area contributed by atoms with Crippen molar-refractivity contribution in [2.75, 3.05) is 26.2 Å². The van der Waals surface area contributed by atoms with Crippen LogP contribution in [0.3, 0.4) is 0 Å². The van der Waals surface area contributed by atoms with Crippen molar-refractivity contribution in [2.45, 2.75) is 36.8 Å². The molecule has 1 N–H and O–H groups in total. The average Bonchev–Trinajstić information content (AvgIpc) is 3.06. The highest BCUT2D eigenvalue weighted by atomic mass is 32.2. The fourth-order valence-electron chi connectivity index (χ4n) is 3.93. The molecule has 0 radical (unpaired) electrons. The lowest BCUT2D eigenvalue weighted by Gasteiger charge is -2.34. The van der Waals surface area contributed by atoms with Gasteiger partial charge in [-0.2, -0.15) is 4.31 Å². The number of aryl methyl sites for hydroxylation is 3. The van der Waals surface area contributed by atoms with Gasteiger partial charge in [-0.1, -0.05) is 17.4 Å². The van der Waals surface area contributed by atoms with E-state index in [0.717, 1.165) is 19.3 Å². The van der Waals surface area contributed by atoms with Crippen LogP contribution >= 0.6 is 11.3 Å². The summed E-state index contributed by atoms with van der Waals surface area (Å²) < 4.78 is 27.0. The molecule has 1 saturated heterocycles. The molecule has 1 aromatic heterocycles. The van der Waals surface area contributed by atoms with E-state index >= 15 is 0 Å². The largest absolute Gasteiger partial charge is 0.336 e. The van der Waals surface area contributed by atoms with Crippen molar-refractivity contribution >= 4 is 27.3 Å². The summed E-state index contributed by atoms with van der Waals surface area (Å²) in [6, 6.07) is 5.94. The molecule has 1 fully saturated rings. The number of aromatic amines is 1. The van der Waals surface area contributed by atoms with E-state index in [0.29, 0.717) is 35.7 Å². The number of carbonyl (C=O) groups excluding carboxylic acids is 1. The number of benzene rings is 1. The predicted molar refractivity (Wildman–Crippen MR) is 107 cm³/mol. The number of H-pyrrole nitrogens is 1. The molecule has 7 nitrogen and oxygen atoms in total. The molecule has 2 aliphatic rings. The van der Waals surface area contributed by atoms with Gasteiger partial charge in [0.2, 0.25) is 0 Å². The zero-order valence-electron chi connectivity index (χ0n) is 15.7. The Labute approximate surface area is 168 Å². The van der Waals surface area contributed by atoms with Crippen LogP contribution in [0, 0.1) is 6.92 Å². The quantitative estimate of drug-likeness (QED) is 0.818. The third-order valence-electron chi connectivity index (χ3n) is 5.48. The van der Waals surface area contributed by atoms with E-state index in [1.807, 2.05) is 12.1 Å². The molecule has 1 aromatic carbocycles. The minimum atomic E-state index is -3.72. The van der Waals surface area contributed by atoms with E-state index in [2.05, 4.69) is 11.1 Å². The van der Waals surface area contributed by atoms with Gasteiger partial charge in [0.1, 0.15) is 0 Å². The smallest absolute Gasteiger partial charge is 0.305 e. The lowest BCUT2D eigenvalue weighted by atomic mass is 9.90. The van der Waals surface area contributed by atoms with Gasteiger partial charge in [0, 0.05) is 37.4 Å². The fourth-order valence-corrected chi connectivity index (χ4v) is 6.79. The van der Waals surface area contributed by atoms with Gasteiger partial charge < -0.3 is 9.88 Å². The normalized spacial score (nSPS) is 18.1. The Bertz CT molecular complexity index is 1060. The van der Waals surface area contributed by atoms with Gasteiger partial charge in [-0.15, -0.1) is 0 Å². The molecule has 0 unspecified atom stereocenters. The van der Waals surface area contributed by atoms with Gasteiger partial charge in [-0.3, -0.25) is 9.59 Å². The average molecular weight is 422 g/mol. The van der Waals surface area contributed by atoms with Gasteiger partial charge in [0.05, 0.1) is 0 Å². The third-order valence-corrected chi connectivity index (χ3v) is 8.96. The second kappa shape index (κ2) is 7.46. The zero-order valence-corrected chi connectivity index (χ0v) is 17.4. The van der Waals surface area contributed by atoms with E-state index in [9.17, 15) is 18.0 Å². The number of hydrogen-bond acceptors (Lipinski definition) is 5. The summed E-state index contributed by atoms with van der Waals surface area (Å²) in [6.45, 7) is 2.72. The van der Waals surface area contributed by atoms with Crippen LogP contribution in [0.25, 0.3) is 0 Å². The fraction of sp³-hybridized carbons (Fsp3) is 0.474. The van der Waals surface area contributed by atoms with E-state index in [-0.39, 0.29) is 28.1 Å². The molecule has 0 bridgehead atoms. The second-order valence-corrected chi connectivity index (χ2v) is 10.4. The molecular weight excluding hydrogens is 398 g/mol. The highest BCUT2D eigenvalue weighted by Crippen LogP contribution is 2.25. The van der Waals surface area contributed by atoms with Crippen LogP contribution in [-0.2, 0) is 22.9 Å². The van der Waals surface area contributed by atoms with Crippen LogP contribution in [0.4, 0.5) is 0 Å². The number of hydrogen-bond donors (Lipinski definition) is 1.